The highest BCUT2D eigenvalue weighted by Gasteiger charge is 2.56. The maximum atomic E-state index is 14.7. The summed E-state index contributed by atoms with van der Waals surface area (Å²) < 4.78 is 68.6. The number of carbonyl (C=O) groups excluding carboxylic acids is 2. The molecule has 0 spiro atoms. The summed E-state index contributed by atoms with van der Waals surface area (Å²) in [6.45, 7) is 8.42. The molecule has 3 rings (SSSR count). The molecule has 0 fully saturated rings. The van der Waals surface area contributed by atoms with Crippen molar-refractivity contribution >= 4 is 11.7 Å². The number of aryl methyl sites for hydroxylation is 1. The summed E-state index contributed by atoms with van der Waals surface area (Å²) in [6.07, 6.45) is -6.95. The number of aliphatic hydroxyl groups is 1. The number of alkyl halides is 3. The van der Waals surface area contributed by atoms with Gasteiger partial charge in [0, 0.05) is 29.1 Å². The zero-order valence-electron chi connectivity index (χ0n) is 25.4. The van der Waals surface area contributed by atoms with E-state index in [0.29, 0.717) is 11.1 Å². The zero-order valence-corrected chi connectivity index (χ0v) is 25.4. The third-order valence-electron chi connectivity index (χ3n) is 7.11. The van der Waals surface area contributed by atoms with E-state index < -0.39 is 60.0 Å². The molecule has 0 saturated heterocycles. The van der Waals surface area contributed by atoms with E-state index >= 15 is 0 Å². The van der Waals surface area contributed by atoms with E-state index in [1.165, 1.54) is 56.5 Å². The molecule has 1 amide bonds. The minimum atomic E-state index is -5.21. The highest BCUT2D eigenvalue weighted by molar-refractivity contribution is 5.96. The molecule has 1 unspecified atom stereocenters. The monoisotopic (exact) mass is 619 g/mol. The molecule has 1 atom stereocenters. The second-order valence-corrected chi connectivity index (χ2v) is 11.4. The van der Waals surface area contributed by atoms with Crippen LogP contribution in [0.4, 0.5) is 17.6 Å². The van der Waals surface area contributed by atoms with Gasteiger partial charge in [0.1, 0.15) is 5.82 Å². The van der Waals surface area contributed by atoms with E-state index in [4.69, 9.17) is 15.2 Å². The molecule has 0 aliphatic carbocycles. The average molecular weight is 620 g/mol. The molecule has 0 radical (unpaired) electrons. The first-order chi connectivity index (χ1) is 20.4. The first-order valence-corrected chi connectivity index (χ1v) is 13.9. The number of nitrogens with zero attached hydrogens (tertiary/aromatic N) is 1. The fourth-order valence-corrected chi connectivity index (χ4v) is 4.82. The highest BCUT2D eigenvalue weighted by Crippen LogP contribution is 2.44. The van der Waals surface area contributed by atoms with Gasteiger partial charge in [0.15, 0.2) is 23.9 Å². The van der Waals surface area contributed by atoms with E-state index in [2.05, 4.69) is 10.3 Å². The van der Waals surface area contributed by atoms with Crippen molar-refractivity contribution in [1.82, 2.24) is 10.3 Å². The van der Waals surface area contributed by atoms with Gasteiger partial charge in [0.05, 0.1) is 18.5 Å². The molecule has 0 aliphatic heterocycles. The van der Waals surface area contributed by atoms with Crippen LogP contribution in [-0.4, -0.2) is 47.7 Å². The fraction of sp³-hybridized carbons (Fsp3) is 0.406. The third-order valence-corrected chi connectivity index (χ3v) is 7.11. The lowest BCUT2D eigenvalue weighted by atomic mass is 9.85. The van der Waals surface area contributed by atoms with Crippen molar-refractivity contribution in [3.05, 3.63) is 76.7 Å². The summed E-state index contributed by atoms with van der Waals surface area (Å²) in [5.41, 5.74) is 1.16. The Bertz CT molecular complexity index is 1520. The van der Waals surface area contributed by atoms with Crippen molar-refractivity contribution in [3.63, 3.8) is 0 Å². The summed E-state index contributed by atoms with van der Waals surface area (Å²) in [5, 5.41) is 14.6. The second-order valence-electron chi connectivity index (χ2n) is 11.4. The van der Waals surface area contributed by atoms with Crippen LogP contribution in [-0.2, 0) is 15.9 Å². The number of aromatic nitrogens is 1. The lowest BCUT2D eigenvalue weighted by Crippen LogP contribution is -2.45. The Morgan fingerprint density at radius 1 is 1.05 bits per heavy atom. The van der Waals surface area contributed by atoms with Gasteiger partial charge in [0.25, 0.3) is 5.91 Å². The van der Waals surface area contributed by atoms with Crippen LogP contribution in [0.3, 0.4) is 0 Å². The molecule has 1 aromatic heterocycles. The van der Waals surface area contributed by atoms with Gasteiger partial charge in [-0.25, -0.2) is 9.37 Å². The topological polar surface area (TPSA) is 124 Å². The number of carbonyl (C=O) groups is 2. The summed E-state index contributed by atoms with van der Waals surface area (Å²) >= 11 is 0. The van der Waals surface area contributed by atoms with Crippen molar-refractivity contribution in [2.24, 2.45) is 5.73 Å². The molecule has 238 valence electrons. The minimum absolute atomic E-state index is 0.00394. The van der Waals surface area contributed by atoms with Crippen LogP contribution in [0.15, 0.2) is 48.5 Å². The Morgan fingerprint density at radius 3 is 2.30 bits per heavy atom. The first kappa shape index (κ1) is 34.5. The number of hydrogen-bond donors (Lipinski definition) is 3. The largest absolute Gasteiger partial charge is 0.493 e. The van der Waals surface area contributed by atoms with Crippen LogP contribution >= 0.6 is 0 Å². The first-order valence-electron chi connectivity index (χ1n) is 13.9. The Balaban J connectivity index is 2.06. The number of amides is 1. The standard InChI is InChI=1S/C32H37F4N3O5/c1-18(2)39-30(4,5)22-15-24(20-7-9-23(33)19(3)13-20)38-28(16-22)31(42,32(34,35)36)12-11-25(40)21-8-10-26(27(14-21)43-6)44-17-29(37)41/h7-10,13-16,18,39,42H,11-12,17H2,1-6H3,(H2,37,41). The number of ether oxygens (including phenoxy) is 2. The van der Waals surface area contributed by atoms with Crippen LogP contribution < -0.4 is 20.5 Å². The van der Waals surface area contributed by atoms with Crippen molar-refractivity contribution in [2.45, 2.75) is 70.8 Å². The molecule has 44 heavy (non-hydrogen) atoms. The lowest BCUT2D eigenvalue weighted by molar-refractivity contribution is -0.270. The van der Waals surface area contributed by atoms with Gasteiger partial charge in [-0.2, -0.15) is 13.2 Å². The number of primary amides is 1. The summed E-state index contributed by atoms with van der Waals surface area (Å²) in [4.78, 5) is 28.4. The molecular weight excluding hydrogens is 582 g/mol. The lowest BCUT2D eigenvalue weighted by Gasteiger charge is -2.34. The number of benzene rings is 2. The Labute approximate surface area is 253 Å². The van der Waals surface area contributed by atoms with Gasteiger partial charge in [0.2, 0.25) is 5.60 Å². The van der Waals surface area contributed by atoms with Gasteiger partial charge < -0.3 is 25.6 Å². The second kappa shape index (κ2) is 13.3. The van der Waals surface area contributed by atoms with Gasteiger partial charge in [-0.3, -0.25) is 9.59 Å². The van der Waals surface area contributed by atoms with Crippen molar-refractivity contribution in [2.75, 3.05) is 13.7 Å². The van der Waals surface area contributed by atoms with Gasteiger partial charge in [-0.15, -0.1) is 0 Å². The molecule has 2 aromatic carbocycles. The highest BCUT2D eigenvalue weighted by atomic mass is 19.4. The van der Waals surface area contributed by atoms with Crippen LogP contribution in [0.1, 0.15) is 67.7 Å². The predicted molar refractivity (Wildman–Crippen MR) is 157 cm³/mol. The molecule has 8 nitrogen and oxygen atoms in total. The van der Waals surface area contributed by atoms with Crippen LogP contribution in [0.5, 0.6) is 11.5 Å². The Morgan fingerprint density at radius 2 is 1.73 bits per heavy atom. The number of hydrogen-bond acceptors (Lipinski definition) is 7. The Hall–Kier alpha value is -4.03. The number of nitrogens with two attached hydrogens (primary N) is 1. The van der Waals surface area contributed by atoms with E-state index in [-0.39, 0.29) is 34.4 Å². The molecule has 4 N–H and O–H groups in total. The van der Waals surface area contributed by atoms with Gasteiger partial charge in [-0.05, 0) is 86.8 Å². The third kappa shape index (κ3) is 7.92. The normalized spacial score (nSPS) is 13.5. The number of nitrogens with one attached hydrogen (secondary N) is 1. The predicted octanol–water partition coefficient (Wildman–Crippen LogP) is 5.71. The molecule has 0 saturated carbocycles. The molecular formula is C32H37F4N3O5. The van der Waals surface area contributed by atoms with E-state index in [9.17, 15) is 32.3 Å². The molecule has 0 aliphatic rings. The van der Waals surface area contributed by atoms with Crippen molar-refractivity contribution in [1.29, 1.82) is 0 Å². The molecule has 1 heterocycles. The number of halogens is 4. The number of pyridine rings is 1. The zero-order chi connectivity index (χ0) is 33.0. The maximum Gasteiger partial charge on any atom is 0.422 e. The minimum Gasteiger partial charge on any atom is -0.493 e. The summed E-state index contributed by atoms with van der Waals surface area (Å²) in [6, 6.07) is 10.7. The van der Waals surface area contributed by atoms with Crippen molar-refractivity contribution in [3.8, 4) is 22.8 Å². The van der Waals surface area contributed by atoms with E-state index in [0.717, 1.165) is 0 Å². The average Bonchev–Trinajstić information content (AvgIpc) is 2.94. The Kier molecular flexibility index (Phi) is 10.4. The quantitative estimate of drug-likeness (QED) is 0.165. The summed E-state index contributed by atoms with van der Waals surface area (Å²) in [5.74, 6) is -1.76. The van der Waals surface area contributed by atoms with E-state index in [1.54, 1.807) is 19.9 Å². The number of Topliss-reactive ketones (excluding diaryl/α,β-unsaturated/α-hetero) is 1. The number of rotatable bonds is 13. The van der Waals surface area contributed by atoms with Crippen LogP contribution in [0.25, 0.3) is 11.3 Å². The molecule has 0 bridgehead atoms. The van der Waals surface area contributed by atoms with Crippen LogP contribution in [0.2, 0.25) is 0 Å². The van der Waals surface area contributed by atoms with Crippen LogP contribution in [0, 0.1) is 12.7 Å². The van der Waals surface area contributed by atoms with Crippen molar-refractivity contribution < 1.29 is 41.7 Å². The maximum absolute atomic E-state index is 14.7. The summed E-state index contributed by atoms with van der Waals surface area (Å²) in [7, 11) is 1.29. The fourth-order valence-electron chi connectivity index (χ4n) is 4.82. The molecule has 12 heteroatoms. The SMILES string of the molecule is COc1cc(C(=O)CCC(O)(c2cc(C(C)(C)NC(C)C)cc(-c3ccc(F)c(C)c3)n2)C(F)(F)F)ccc1OCC(N)=O. The van der Waals surface area contributed by atoms with Gasteiger partial charge in [-0.1, -0.05) is 13.8 Å². The van der Waals surface area contributed by atoms with Gasteiger partial charge >= 0.3 is 6.18 Å². The molecule has 3 aromatic rings. The number of ketones is 1. The smallest absolute Gasteiger partial charge is 0.422 e. The van der Waals surface area contributed by atoms with E-state index in [1.807, 2.05) is 13.8 Å². The number of methoxy groups -OCH3 is 1.